The lowest BCUT2D eigenvalue weighted by Crippen LogP contribution is -2.46. The van der Waals surface area contributed by atoms with Crippen LogP contribution in [0, 0.1) is 0 Å². The van der Waals surface area contributed by atoms with Crippen molar-refractivity contribution >= 4 is 11.9 Å². The van der Waals surface area contributed by atoms with Crippen LogP contribution in [0.5, 0.6) is 0 Å². The number of rotatable bonds is 51. The summed E-state index contributed by atoms with van der Waals surface area (Å²) in [4.78, 5) is 26.2. The number of carbonyl (C=O) groups is 2. The number of ether oxygens (including phenoxy) is 1. The second-order valence-electron chi connectivity index (χ2n) is 19.3. The van der Waals surface area contributed by atoms with E-state index >= 15 is 0 Å². The summed E-state index contributed by atoms with van der Waals surface area (Å²) in [7, 11) is 0. The zero-order valence-corrected chi connectivity index (χ0v) is 43.8. The lowest BCUT2D eigenvalue weighted by Gasteiger charge is -2.24. The third kappa shape index (κ3) is 48.0. The van der Waals surface area contributed by atoms with Crippen LogP contribution in [0.3, 0.4) is 0 Å². The van der Waals surface area contributed by atoms with Crippen molar-refractivity contribution < 1.29 is 24.5 Å². The number of allylic oxidation sites excluding steroid dienone is 10. The van der Waals surface area contributed by atoms with E-state index in [1.807, 2.05) is 6.08 Å². The molecule has 0 aromatic rings. The van der Waals surface area contributed by atoms with Crippen molar-refractivity contribution in [3.05, 3.63) is 60.8 Å². The monoisotopic (exact) mass is 924 g/mol. The van der Waals surface area contributed by atoms with Gasteiger partial charge in [0.1, 0.15) is 6.10 Å². The van der Waals surface area contributed by atoms with Gasteiger partial charge in [0, 0.05) is 6.42 Å². The van der Waals surface area contributed by atoms with Gasteiger partial charge in [0.15, 0.2) is 0 Å². The molecule has 0 saturated heterocycles. The molecule has 6 heteroatoms. The molecule has 0 aromatic heterocycles. The third-order valence-electron chi connectivity index (χ3n) is 12.9. The summed E-state index contributed by atoms with van der Waals surface area (Å²) >= 11 is 0. The van der Waals surface area contributed by atoms with E-state index in [4.69, 9.17) is 4.74 Å². The lowest BCUT2D eigenvalue weighted by atomic mass is 10.0. The number of carbonyl (C=O) groups excluding carboxylic acids is 2. The molecule has 0 bridgehead atoms. The molecule has 0 rings (SSSR count). The first kappa shape index (κ1) is 63.6. The van der Waals surface area contributed by atoms with Crippen LogP contribution >= 0.6 is 0 Å². The van der Waals surface area contributed by atoms with Gasteiger partial charge in [0.25, 0.3) is 0 Å². The summed E-state index contributed by atoms with van der Waals surface area (Å²) in [5, 5.41) is 23.9. The van der Waals surface area contributed by atoms with E-state index in [2.05, 4.69) is 80.8 Å². The normalized spacial score (nSPS) is 13.6. The molecule has 0 aliphatic heterocycles. The Labute approximate surface area is 409 Å². The Kier molecular flexibility index (Phi) is 51.5. The third-order valence-corrected chi connectivity index (χ3v) is 12.9. The highest BCUT2D eigenvalue weighted by Gasteiger charge is 2.24. The van der Waals surface area contributed by atoms with E-state index in [0.29, 0.717) is 19.3 Å². The highest BCUT2D eigenvalue weighted by Crippen LogP contribution is 2.18. The van der Waals surface area contributed by atoms with E-state index in [9.17, 15) is 19.8 Å². The Morgan fingerprint density at radius 3 is 1.15 bits per heavy atom. The molecule has 0 radical (unpaired) electrons. The summed E-state index contributed by atoms with van der Waals surface area (Å²) < 4.78 is 5.92. The molecule has 66 heavy (non-hydrogen) atoms. The number of unbranched alkanes of at least 4 members (excludes halogenated alkanes) is 29. The smallest absolute Gasteiger partial charge is 0.306 e. The minimum atomic E-state index is -0.800. The van der Waals surface area contributed by atoms with Crippen molar-refractivity contribution in [2.45, 2.75) is 302 Å². The van der Waals surface area contributed by atoms with Crippen molar-refractivity contribution in [1.29, 1.82) is 0 Å². The van der Waals surface area contributed by atoms with Crippen LogP contribution < -0.4 is 5.32 Å². The molecular weight excluding hydrogens is 815 g/mol. The van der Waals surface area contributed by atoms with Crippen molar-refractivity contribution in [3.63, 3.8) is 0 Å². The van der Waals surface area contributed by atoms with Crippen LogP contribution in [0.1, 0.15) is 284 Å². The van der Waals surface area contributed by atoms with Gasteiger partial charge in [0.05, 0.1) is 25.2 Å². The molecular formula is C60H109NO5. The molecule has 1 amide bonds. The van der Waals surface area contributed by atoms with E-state index in [1.54, 1.807) is 0 Å². The number of nitrogens with one attached hydrogen (secondary N) is 1. The Morgan fingerprint density at radius 2 is 0.788 bits per heavy atom. The fraction of sp³-hybridized carbons (Fsp3) is 0.800. The average molecular weight is 925 g/mol. The van der Waals surface area contributed by atoms with Crippen molar-refractivity contribution in [2.24, 2.45) is 0 Å². The minimum Gasteiger partial charge on any atom is -0.462 e. The summed E-state index contributed by atoms with van der Waals surface area (Å²) in [6.07, 6.45) is 67.2. The fourth-order valence-electron chi connectivity index (χ4n) is 8.60. The highest BCUT2D eigenvalue weighted by molar-refractivity contribution is 5.77. The molecule has 0 aliphatic rings. The number of aliphatic hydroxyl groups is 2. The van der Waals surface area contributed by atoms with Gasteiger partial charge in [0.2, 0.25) is 5.91 Å². The molecule has 0 fully saturated rings. The van der Waals surface area contributed by atoms with E-state index in [0.717, 1.165) is 70.6 Å². The largest absolute Gasteiger partial charge is 0.462 e. The summed E-state index contributed by atoms with van der Waals surface area (Å²) in [5.41, 5.74) is 0. The summed E-state index contributed by atoms with van der Waals surface area (Å²) in [5.74, 6) is -0.562. The van der Waals surface area contributed by atoms with Gasteiger partial charge in [-0.05, 0) is 57.8 Å². The van der Waals surface area contributed by atoms with Gasteiger partial charge < -0.3 is 20.3 Å². The summed E-state index contributed by atoms with van der Waals surface area (Å²) in [6.45, 7) is 6.38. The standard InChI is InChI=1S/C60H109NO5/c1-4-7-10-13-16-19-22-25-28-31-34-37-40-43-46-49-52-58(63)57(55-62)61-59(64)54-56(51-48-45-42-39-36-33-30-27-24-21-18-15-12-9-6-3)66-60(65)53-50-47-44-41-38-35-32-29-26-23-20-17-14-11-8-5-2/h8,11,17,20,26,29,35,38,44,47,56-58,62-63H,4-7,9-10,12-16,18-19,21-25,27-28,30-34,36-37,39-43,45-46,48-55H2,1-3H3,(H,61,64)/b11-8+,20-17+,29-26+,38-35+,47-44+. The van der Waals surface area contributed by atoms with Crippen LogP contribution in [-0.2, 0) is 14.3 Å². The molecule has 0 spiro atoms. The van der Waals surface area contributed by atoms with Gasteiger partial charge in [-0.25, -0.2) is 0 Å². The van der Waals surface area contributed by atoms with Crippen molar-refractivity contribution in [2.75, 3.05) is 6.61 Å². The van der Waals surface area contributed by atoms with Crippen LogP contribution in [0.15, 0.2) is 60.8 Å². The molecule has 0 saturated carbocycles. The minimum absolute atomic E-state index is 0.0499. The predicted molar refractivity (Wildman–Crippen MR) is 287 cm³/mol. The Hall–Kier alpha value is -2.44. The average Bonchev–Trinajstić information content (AvgIpc) is 3.31. The maximum Gasteiger partial charge on any atom is 0.306 e. The van der Waals surface area contributed by atoms with Gasteiger partial charge in [-0.2, -0.15) is 0 Å². The Bertz CT molecular complexity index is 1170. The number of hydrogen-bond donors (Lipinski definition) is 3. The van der Waals surface area contributed by atoms with Gasteiger partial charge in [-0.15, -0.1) is 0 Å². The van der Waals surface area contributed by atoms with Crippen LogP contribution in [0.2, 0.25) is 0 Å². The first-order valence-corrected chi connectivity index (χ1v) is 28.5. The molecule has 3 atom stereocenters. The molecule has 6 nitrogen and oxygen atoms in total. The Morgan fingerprint density at radius 1 is 0.455 bits per heavy atom. The Balaban J connectivity index is 4.63. The number of hydrogen-bond acceptors (Lipinski definition) is 5. The number of amides is 1. The van der Waals surface area contributed by atoms with Gasteiger partial charge in [-0.3, -0.25) is 9.59 Å². The van der Waals surface area contributed by atoms with Crippen LogP contribution in [0.25, 0.3) is 0 Å². The van der Waals surface area contributed by atoms with E-state index < -0.39 is 18.2 Å². The van der Waals surface area contributed by atoms with Gasteiger partial charge >= 0.3 is 5.97 Å². The highest BCUT2D eigenvalue weighted by atomic mass is 16.5. The molecule has 0 aromatic carbocycles. The number of esters is 1. The van der Waals surface area contributed by atoms with Crippen molar-refractivity contribution in [3.8, 4) is 0 Å². The van der Waals surface area contributed by atoms with E-state index in [1.165, 1.54) is 161 Å². The second-order valence-corrected chi connectivity index (χ2v) is 19.3. The van der Waals surface area contributed by atoms with Gasteiger partial charge in [-0.1, -0.05) is 274 Å². The van der Waals surface area contributed by atoms with E-state index in [-0.39, 0.29) is 31.3 Å². The SMILES string of the molecule is CC/C=C/C/C=C/C/C=C/C/C=C/C/C=C/CCC(=O)OC(CCCCCCCCCCCCCCCCC)CC(=O)NC(CO)C(O)CCCCCCCCCCCCCCCCCC. The molecule has 3 unspecified atom stereocenters. The maximum absolute atomic E-state index is 13.3. The predicted octanol–water partition coefficient (Wildman–Crippen LogP) is 17.6. The first-order chi connectivity index (χ1) is 32.5. The topological polar surface area (TPSA) is 95.9 Å². The summed E-state index contributed by atoms with van der Waals surface area (Å²) in [6, 6.07) is -0.716. The zero-order valence-electron chi connectivity index (χ0n) is 43.8. The van der Waals surface area contributed by atoms with Crippen molar-refractivity contribution in [1.82, 2.24) is 5.32 Å². The second kappa shape index (κ2) is 53.5. The first-order valence-electron chi connectivity index (χ1n) is 28.5. The quantitative estimate of drug-likeness (QED) is 0.0321. The molecule has 384 valence electrons. The lowest BCUT2D eigenvalue weighted by molar-refractivity contribution is -0.150. The molecule has 0 aliphatic carbocycles. The molecule has 3 N–H and O–H groups in total. The zero-order chi connectivity index (χ0) is 48.1. The number of aliphatic hydroxyl groups excluding tert-OH is 2. The molecule has 0 heterocycles. The fourth-order valence-corrected chi connectivity index (χ4v) is 8.60. The van der Waals surface area contributed by atoms with Crippen LogP contribution in [0.4, 0.5) is 0 Å². The van der Waals surface area contributed by atoms with Crippen LogP contribution in [-0.4, -0.2) is 46.9 Å². The maximum atomic E-state index is 13.3.